The van der Waals surface area contributed by atoms with E-state index < -0.39 is 0 Å². The molecule has 4 nitrogen and oxygen atoms in total. The highest BCUT2D eigenvalue weighted by molar-refractivity contribution is 9.10. The minimum absolute atomic E-state index is 0.325. The third kappa shape index (κ3) is 5.12. The van der Waals surface area contributed by atoms with E-state index in [1.54, 1.807) is 19.2 Å². The predicted molar refractivity (Wildman–Crippen MR) is 70.0 cm³/mol. The molecule has 1 aromatic rings. The SMILES string of the molecule is CC(O)CNCCNc1ncc(Br)cc1Cl. The second-order valence-corrected chi connectivity index (χ2v) is 4.79. The summed E-state index contributed by atoms with van der Waals surface area (Å²) in [6.45, 7) is 3.79. The number of nitrogens with zero attached hydrogens (tertiary/aromatic N) is 1. The van der Waals surface area contributed by atoms with Crippen LogP contribution in [0.15, 0.2) is 16.7 Å². The van der Waals surface area contributed by atoms with Crippen molar-refractivity contribution < 1.29 is 5.11 Å². The summed E-state index contributed by atoms with van der Waals surface area (Å²) in [7, 11) is 0. The normalized spacial score (nSPS) is 12.5. The van der Waals surface area contributed by atoms with Gasteiger partial charge in [0.2, 0.25) is 0 Å². The molecule has 0 fully saturated rings. The number of aliphatic hydroxyl groups is 1. The molecule has 1 heterocycles. The molecule has 90 valence electrons. The van der Waals surface area contributed by atoms with Gasteiger partial charge in [-0.05, 0) is 28.9 Å². The highest BCUT2D eigenvalue weighted by Gasteiger charge is 2.01. The summed E-state index contributed by atoms with van der Waals surface area (Å²) in [6.07, 6.45) is 1.37. The summed E-state index contributed by atoms with van der Waals surface area (Å²) in [5, 5.41) is 15.8. The van der Waals surface area contributed by atoms with Crippen LogP contribution in [0.5, 0.6) is 0 Å². The lowest BCUT2D eigenvalue weighted by Crippen LogP contribution is -2.29. The zero-order valence-corrected chi connectivity index (χ0v) is 11.3. The van der Waals surface area contributed by atoms with Crippen LogP contribution in [0.1, 0.15) is 6.92 Å². The Balaban J connectivity index is 2.27. The molecule has 0 saturated carbocycles. The monoisotopic (exact) mass is 307 g/mol. The third-order valence-electron chi connectivity index (χ3n) is 1.84. The van der Waals surface area contributed by atoms with Crippen LogP contribution < -0.4 is 10.6 Å². The first kappa shape index (κ1) is 13.7. The lowest BCUT2D eigenvalue weighted by molar-refractivity contribution is 0.192. The molecule has 0 amide bonds. The second kappa shape index (κ2) is 7.06. The molecule has 0 aliphatic carbocycles. The van der Waals surface area contributed by atoms with Gasteiger partial charge in [0.05, 0.1) is 11.1 Å². The zero-order valence-electron chi connectivity index (χ0n) is 9.00. The van der Waals surface area contributed by atoms with Gasteiger partial charge in [0, 0.05) is 30.3 Å². The Morgan fingerprint density at radius 3 is 2.94 bits per heavy atom. The summed E-state index contributed by atoms with van der Waals surface area (Å²) < 4.78 is 0.857. The molecule has 0 saturated heterocycles. The van der Waals surface area contributed by atoms with Gasteiger partial charge in [-0.25, -0.2) is 4.98 Å². The number of pyridine rings is 1. The largest absolute Gasteiger partial charge is 0.392 e. The summed E-state index contributed by atoms with van der Waals surface area (Å²) >= 11 is 9.27. The van der Waals surface area contributed by atoms with E-state index in [1.807, 2.05) is 0 Å². The number of nitrogens with one attached hydrogen (secondary N) is 2. The molecule has 1 unspecified atom stereocenters. The molecule has 16 heavy (non-hydrogen) atoms. The number of hydrogen-bond acceptors (Lipinski definition) is 4. The van der Waals surface area contributed by atoms with Gasteiger partial charge in [-0.3, -0.25) is 0 Å². The average molecular weight is 309 g/mol. The first-order chi connectivity index (χ1) is 7.59. The van der Waals surface area contributed by atoms with Crippen LogP contribution in [-0.2, 0) is 0 Å². The first-order valence-electron chi connectivity index (χ1n) is 5.03. The lowest BCUT2D eigenvalue weighted by atomic mass is 10.4. The standard InChI is InChI=1S/C10H15BrClN3O/c1-7(16)5-13-2-3-14-10-9(12)4-8(11)6-15-10/h4,6-7,13,16H,2-3,5H2,1H3,(H,14,15). The van der Waals surface area contributed by atoms with Crippen molar-refractivity contribution in [3.05, 3.63) is 21.8 Å². The van der Waals surface area contributed by atoms with Crippen molar-refractivity contribution in [3.8, 4) is 0 Å². The molecule has 0 aliphatic heterocycles. The van der Waals surface area contributed by atoms with E-state index in [0.29, 0.717) is 23.9 Å². The number of aromatic nitrogens is 1. The van der Waals surface area contributed by atoms with Crippen molar-refractivity contribution in [2.75, 3.05) is 25.0 Å². The minimum Gasteiger partial charge on any atom is -0.392 e. The van der Waals surface area contributed by atoms with Crippen LogP contribution in [0.4, 0.5) is 5.82 Å². The van der Waals surface area contributed by atoms with Gasteiger partial charge in [-0.15, -0.1) is 0 Å². The molecule has 6 heteroatoms. The molecule has 0 spiro atoms. The van der Waals surface area contributed by atoms with Crippen molar-refractivity contribution >= 4 is 33.3 Å². The summed E-state index contributed by atoms with van der Waals surface area (Å²) in [4.78, 5) is 4.14. The fourth-order valence-electron chi connectivity index (χ4n) is 1.12. The third-order valence-corrected chi connectivity index (χ3v) is 2.56. The van der Waals surface area contributed by atoms with Crippen molar-refractivity contribution in [1.82, 2.24) is 10.3 Å². The maximum atomic E-state index is 9.02. The molecule has 3 N–H and O–H groups in total. The van der Waals surface area contributed by atoms with Gasteiger partial charge in [0.25, 0.3) is 0 Å². The van der Waals surface area contributed by atoms with Crippen LogP contribution in [0.3, 0.4) is 0 Å². The van der Waals surface area contributed by atoms with Crippen molar-refractivity contribution in [2.45, 2.75) is 13.0 Å². The fourth-order valence-corrected chi connectivity index (χ4v) is 1.82. The van der Waals surface area contributed by atoms with E-state index >= 15 is 0 Å². The number of aliphatic hydroxyl groups excluding tert-OH is 1. The smallest absolute Gasteiger partial charge is 0.144 e. The average Bonchev–Trinajstić information content (AvgIpc) is 2.20. The predicted octanol–water partition coefficient (Wildman–Crippen LogP) is 1.88. The summed E-state index contributed by atoms with van der Waals surface area (Å²) in [5.41, 5.74) is 0. The Hall–Kier alpha value is -0.360. The van der Waals surface area contributed by atoms with Gasteiger partial charge in [0.15, 0.2) is 0 Å². The number of rotatable bonds is 6. The Morgan fingerprint density at radius 2 is 2.31 bits per heavy atom. The van der Waals surface area contributed by atoms with Crippen molar-refractivity contribution in [1.29, 1.82) is 0 Å². The van der Waals surface area contributed by atoms with Crippen LogP contribution in [0, 0.1) is 0 Å². The van der Waals surface area contributed by atoms with Gasteiger partial charge >= 0.3 is 0 Å². The molecule has 0 radical (unpaired) electrons. The molecular formula is C10H15BrClN3O. The molecule has 0 aliphatic rings. The van der Waals surface area contributed by atoms with Gasteiger partial charge in [-0.2, -0.15) is 0 Å². The van der Waals surface area contributed by atoms with E-state index in [2.05, 4.69) is 31.5 Å². The van der Waals surface area contributed by atoms with E-state index in [4.69, 9.17) is 16.7 Å². The van der Waals surface area contributed by atoms with Gasteiger partial charge in [-0.1, -0.05) is 11.6 Å². The highest BCUT2D eigenvalue weighted by atomic mass is 79.9. The molecule has 1 aromatic heterocycles. The van der Waals surface area contributed by atoms with Crippen molar-refractivity contribution in [3.63, 3.8) is 0 Å². The number of halogens is 2. The Bertz CT molecular complexity index is 336. The Morgan fingerprint density at radius 1 is 1.56 bits per heavy atom. The Kier molecular flexibility index (Phi) is 6.05. The fraction of sp³-hybridized carbons (Fsp3) is 0.500. The van der Waals surface area contributed by atoms with E-state index in [-0.39, 0.29) is 6.10 Å². The van der Waals surface area contributed by atoms with Crippen LogP contribution in [-0.4, -0.2) is 35.8 Å². The van der Waals surface area contributed by atoms with Crippen molar-refractivity contribution in [2.24, 2.45) is 0 Å². The lowest BCUT2D eigenvalue weighted by Gasteiger charge is -2.09. The van der Waals surface area contributed by atoms with E-state index in [1.165, 1.54) is 0 Å². The maximum Gasteiger partial charge on any atom is 0.144 e. The number of anilines is 1. The number of hydrogen-bond donors (Lipinski definition) is 3. The Labute approximate surface area is 109 Å². The highest BCUT2D eigenvalue weighted by Crippen LogP contribution is 2.22. The minimum atomic E-state index is -0.325. The maximum absolute atomic E-state index is 9.02. The van der Waals surface area contributed by atoms with Gasteiger partial charge < -0.3 is 15.7 Å². The van der Waals surface area contributed by atoms with Crippen LogP contribution in [0.2, 0.25) is 5.02 Å². The zero-order chi connectivity index (χ0) is 12.0. The van der Waals surface area contributed by atoms with Gasteiger partial charge in [0.1, 0.15) is 5.82 Å². The van der Waals surface area contributed by atoms with E-state index in [0.717, 1.165) is 11.0 Å². The molecular weight excluding hydrogens is 293 g/mol. The summed E-state index contributed by atoms with van der Waals surface area (Å²) in [6, 6.07) is 1.79. The second-order valence-electron chi connectivity index (χ2n) is 3.46. The van der Waals surface area contributed by atoms with E-state index in [9.17, 15) is 0 Å². The van der Waals surface area contributed by atoms with Crippen LogP contribution in [0.25, 0.3) is 0 Å². The topological polar surface area (TPSA) is 57.2 Å². The van der Waals surface area contributed by atoms with Crippen LogP contribution >= 0.6 is 27.5 Å². The summed E-state index contributed by atoms with van der Waals surface area (Å²) in [5.74, 6) is 0.670. The molecule has 0 bridgehead atoms. The molecule has 1 rings (SSSR count). The molecule has 1 atom stereocenters. The molecule has 0 aromatic carbocycles. The first-order valence-corrected chi connectivity index (χ1v) is 6.20. The quantitative estimate of drug-likeness (QED) is 0.702.